The summed E-state index contributed by atoms with van der Waals surface area (Å²) in [5.41, 5.74) is 0.557. The molecule has 4 aromatic rings. The summed E-state index contributed by atoms with van der Waals surface area (Å²) in [6.45, 7) is 1.96. The van der Waals surface area contributed by atoms with Crippen molar-refractivity contribution in [1.29, 1.82) is 0 Å². The van der Waals surface area contributed by atoms with Crippen LogP contribution in [0.1, 0.15) is 28.9 Å². The van der Waals surface area contributed by atoms with Crippen LogP contribution in [0.15, 0.2) is 53.2 Å². The number of pyridine rings is 1. The first-order chi connectivity index (χ1) is 15.8. The summed E-state index contributed by atoms with van der Waals surface area (Å²) < 4.78 is 26.2. The second kappa shape index (κ2) is 8.99. The Morgan fingerprint density at radius 1 is 1.24 bits per heavy atom. The number of methoxy groups -OCH3 is 1. The molecule has 3 heterocycles. The largest absolute Gasteiger partial charge is 0.481 e. The summed E-state index contributed by atoms with van der Waals surface area (Å²) in [4.78, 5) is 21.3. The lowest BCUT2D eigenvalue weighted by atomic mass is 9.80. The Labute approximate surface area is 193 Å². The van der Waals surface area contributed by atoms with Crippen LogP contribution in [0, 0.1) is 5.82 Å². The highest BCUT2D eigenvalue weighted by Gasteiger charge is 2.37. The molecule has 0 bridgehead atoms. The summed E-state index contributed by atoms with van der Waals surface area (Å²) in [5, 5.41) is 11.1. The van der Waals surface area contributed by atoms with Gasteiger partial charge in [-0.15, -0.1) is 0 Å². The molecule has 0 aliphatic rings. The molecule has 170 valence electrons. The molecule has 0 fully saturated rings. The number of nitrogens with zero attached hydrogens (tertiary/aromatic N) is 5. The lowest BCUT2D eigenvalue weighted by molar-refractivity contribution is 0.0903. The molecule has 1 amide bonds. The van der Waals surface area contributed by atoms with E-state index in [-0.39, 0.29) is 23.8 Å². The predicted octanol–water partition coefficient (Wildman–Crippen LogP) is 3.40. The zero-order valence-electron chi connectivity index (χ0n) is 18.0. The maximum atomic E-state index is 14.0. The van der Waals surface area contributed by atoms with Crippen LogP contribution in [-0.2, 0) is 12.5 Å². The molecule has 0 aliphatic carbocycles. The Morgan fingerprint density at radius 3 is 2.76 bits per heavy atom. The highest BCUT2D eigenvalue weighted by atomic mass is 35.5. The molecule has 11 heteroatoms. The second-order valence-corrected chi connectivity index (χ2v) is 7.84. The van der Waals surface area contributed by atoms with Crippen LogP contribution in [-0.4, -0.2) is 44.5 Å². The summed E-state index contributed by atoms with van der Waals surface area (Å²) in [6, 6.07) is 11.2. The van der Waals surface area contributed by atoms with Gasteiger partial charge in [-0.25, -0.2) is 14.1 Å². The predicted molar refractivity (Wildman–Crippen MR) is 117 cm³/mol. The molecule has 1 N–H and O–H groups in total. The van der Waals surface area contributed by atoms with E-state index in [0.717, 1.165) is 0 Å². The van der Waals surface area contributed by atoms with Crippen molar-refractivity contribution >= 4 is 17.5 Å². The summed E-state index contributed by atoms with van der Waals surface area (Å²) in [6.07, 6.45) is 1.65. The highest BCUT2D eigenvalue weighted by molar-refractivity contribution is 6.29. The second-order valence-electron chi connectivity index (χ2n) is 7.45. The third-order valence-corrected chi connectivity index (χ3v) is 5.50. The van der Waals surface area contributed by atoms with Crippen molar-refractivity contribution in [2.75, 3.05) is 13.7 Å². The van der Waals surface area contributed by atoms with Gasteiger partial charge in [0.1, 0.15) is 11.0 Å². The monoisotopic (exact) mass is 470 g/mol. The van der Waals surface area contributed by atoms with Crippen LogP contribution < -0.4 is 10.1 Å². The third kappa shape index (κ3) is 4.29. The number of aryl methyl sites for hydroxylation is 1. The molecule has 1 aromatic carbocycles. The summed E-state index contributed by atoms with van der Waals surface area (Å²) in [5.74, 6) is -0.956. The van der Waals surface area contributed by atoms with Crippen LogP contribution in [0.2, 0.25) is 5.15 Å². The number of halogens is 2. The van der Waals surface area contributed by atoms with E-state index < -0.39 is 17.1 Å². The van der Waals surface area contributed by atoms with Gasteiger partial charge in [0.2, 0.25) is 11.7 Å². The van der Waals surface area contributed by atoms with Crippen LogP contribution in [0.4, 0.5) is 4.39 Å². The lowest BCUT2D eigenvalue weighted by Crippen LogP contribution is -2.40. The van der Waals surface area contributed by atoms with Gasteiger partial charge in [-0.1, -0.05) is 35.0 Å². The van der Waals surface area contributed by atoms with Crippen molar-refractivity contribution in [3.63, 3.8) is 0 Å². The molecule has 0 saturated carbocycles. The molecule has 9 nitrogen and oxygen atoms in total. The van der Waals surface area contributed by atoms with E-state index in [2.05, 4.69) is 25.5 Å². The molecule has 1 unspecified atom stereocenters. The van der Waals surface area contributed by atoms with Crippen molar-refractivity contribution in [3.05, 3.63) is 76.8 Å². The third-order valence-electron chi connectivity index (χ3n) is 5.29. The smallest absolute Gasteiger partial charge is 0.316 e. The number of hydrogen-bond donors (Lipinski definition) is 1. The van der Waals surface area contributed by atoms with Gasteiger partial charge in [-0.3, -0.25) is 4.79 Å². The minimum atomic E-state index is -0.867. The van der Waals surface area contributed by atoms with E-state index in [9.17, 15) is 9.18 Å². The Kier molecular flexibility index (Phi) is 6.10. The molecule has 1 atom stereocenters. The topological polar surface area (TPSA) is 108 Å². The molecule has 0 saturated heterocycles. The average Bonchev–Trinajstić information content (AvgIpc) is 3.44. The number of carbonyl (C=O) groups is 1. The zero-order valence-corrected chi connectivity index (χ0v) is 18.8. The molecular formula is C22H20ClFN6O3. The van der Waals surface area contributed by atoms with E-state index >= 15 is 0 Å². The first kappa shape index (κ1) is 22.4. The van der Waals surface area contributed by atoms with Gasteiger partial charge in [-0.05, 0) is 31.2 Å². The molecule has 0 spiro atoms. The standard InChI is InChI=1S/C22H20ClFN6O3/c1-22(16-9-6-10-17(23)27-16,14-11-26-30(2)21(14)32-3)12-25-19(31)20-28-18(29-33-20)13-7-4-5-8-15(13)24/h4-11H,12H2,1-3H3,(H,25,31). The van der Waals surface area contributed by atoms with Gasteiger partial charge < -0.3 is 14.6 Å². The molecule has 0 aliphatic heterocycles. The van der Waals surface area contributed by atoms with Crippen LogP contribution in [0.3, 0.4) is 0 Å². The van der Waals surface area contributed by atoms with Crippen LogP contribution in [0.5, 0.6) is 5.88 Å². The summed E-state index contributed by atoms with van der Waals surface area (Å²) in [7, 11) is 3.28. The van der Waals surface area contributed by atoms with E-state index in [0.29, 0.717) is 22.3 Å². The van der Waals surface area contributed by atoms with E-state index in [1.165, 1.54) is 19.2 Å². The first-order valence-corrected chi connectivity index (χ1v) is 10.3. The molecule has 3 aromatic heterocycles. The normalized spacial score (nSPS) is 12.9. The quantitative estimate of drug-likeness (QED) is 0.412. The van der Waals surface area contributed by atoms with Gasteiger partial charge in [0.25, 0.3) is 0 Å². The number of ether oxygens (including phenoxy) is 1. The SMILES string of the molecule is COc1c(C(C)(CNC(=O)c2nc(-c3ccccc3F)no2)c2cccc(Cl)n2)cnn1C. The van der Waals surface area contributed by atoms with E-state index in [1.807, 2.05) is 6.92 Å². The molecular weight excluding hydrogens is 451 g/mol. The van der Waals surface area contributed by atoms with Gasteiger partial charge in [0, 0.05) is 19.2 Å². The van der Waals surface area contributed by atoms with Crippen molar-refractivity contribution in [2.45, 2.75) is 12.3 Å². The molecule has 33 heavy (non-hydrogen) atoms. The fourth-order valence-electron chi connectivity index (χ4n) is 3.49. The van der Waals surface area contributed by atoms with Crippen LogP contribution >= 0.6 is 11.6 Å². The number of aromatic nitrogens is 5. The number of rotatable bonds is 7. The minimum Gasteiger partial charge on any atom is -0.481 e. The number of benzene rings is 1. The lowest BCUT2D eigenvalue weighted by Gasteiger charge is -2.29. The van der Waals surface area contributed by atoms with Crippen molar-refractivity contribution in [1.82, 2.24) is 30.2 Å². The molecule has 0 radical (unpaired) electrons. The Hall–Kier alpha value is -3.79. The maximum Gasteiger partial charge on any atom is 0.316 e. The highest BCUT2D eigenvalue weighted by Crippen LogP contribution is 2.36. The fraction of sp³-hybridized carbons (Fsp3) is 0.227. The van der Waals surface area contributed by atoms with Crippen molar-refractivity contribution in [3.8, 4) is 17.3 Å². The average molecular weight is 471 g/mol. The summed E-state index contributed by atoms with van der Waals surface area (Å²) >= 11 is 6.14. The van der Waals surface area contributed by atoms with E-state index in [4.69, 9.17) is 20.9 Å². The Morgan fingerprint density at radius 2 is 2.03 bits per heavy atom. The fourth-order valence-corrected chi connectivity index (χ4v) is 3.65. The van der Waals surface area contributed by atoms with Gasteiger partial charge >= 0.3 is 11.8 Å². The number of amides is 1. The number of hydrogen-bond acceptors (Lipinski definition) is 7. The van der Waals surface area contributed by atoms with Crippen LogP contribution in [0.25, 0.3) is 11.4 Å². The van der Waals surface area contributed by atoms with Crippen molar-refractivity contribution < 1.29 is 18.4 Å². The Balaban J connectivity index is 1.63. The number of nitrogens with one attached hydrogen (secondary N) is 1. The van der Waals surface area contributed by atoms with Gasteiger partial charge in [0.15, 0.2) is 0 Å². The van der Waals surface area contributed by atoms with Gasteiger partial charge in [0.05, 0.1) is 30.0 Å². The zero-order chi connectivity index (χ0) is 23.6. The maximum absolute atomic E-state index is 14.0. The van der Waals surface area contributed by atoms with Gasteiger partial charge in [-0.2, -0.15) is 10.1 Å². The van der Waals surface area contributed by atoms with E-state index in [1.54, 1.807) is 48.3 Å². The number of carbonyl (C=O) groups excluding carboxylic acids is 1. The first-order valence-electron chi connectivity index (χ1n) is 9.90. The Bertz CT molecular complexity index is 1310. The van der Waals surface area contributed by atoms with Crippen molar-refractivity contribution in [2.24, 2.45) is 7.05 Å². The minimum absolute atomic E-state index is 0.0218. The molecule has 4 rings (SSSR count).